The van der Waals surface area contributed by atoms with Crippen molar-refractivity contribution >= 4 is 17.5 Å². The summed E-state index contributed by atoms with van der Waals surface area (Å²) in [6.07, 6.45) is 7.07. The number of rotatable bonds is 5. The van der Waals surface area contributed by atoms with Gasteiger partial charge in [-0.15, -0.1) is 10.2 Å². The maximum atomic E-state index is 12.0. The van der Waals surface area contributed by atoms with E-state index in [0.29, 0.717) is 12.2 Å². The van der Waals surface area contributed by atoms with Crippen LogP contribution >= 0.6 is 0 Å². The summed E-state index contributed by atoms with van der Waals surface area (Å²) in [7, 11) is 0. The van der Waals surface area contributed by atoms with Crippen molar-refractivity contribution in [2.24, 2.45) is 0 Å². The average molecular weight is 329 g/mol. The van der Waals surface area contributed by atoms with Gasteiger partial charge in [0.15, 0.2) is 5.82 Å². The van der Waals surface area contributed by atoms with Crippen LogP contribution < -0.4 is 15.5 Å². The van der Waals surface area contributed by atoms with Crippen molar-refractivity contribution in [3.63, 3.8) is 0 Å². The molecular weight excluding hydrogens is 306 g/mol. The molecule has 0 aromatic carbocycles. The molecule has 0 unspecified atom stereocenters. The first kappa shape index (κ1) is 16.2. The molecule has 3 heterocycles. The highest BCUT2D eigenvalue weighted by Gasteiger charge is 2.12. The van der Waals surface area contributed by atoms with Gasteiger partial charge in [0.05, 0.1) is 18.4 Å². The minimum Gasteiger partial charge on any atom is -0.357 e. The first-order valence-electron chi connectivity index (χ1n) is 8.39. The molecule has 1 aliphatic rings. The van der Waals surface area contributed by atoms with Crippen molar-refractivity contribution < 1.29 is 4.79 Å². The normalized spacial score (nSPS) is 14.5. The quantitative estimate of drug-likeness (QED) is 0.876. The Morgan fingerprint density at radius 3 is 2.79 bits per heavy atom. The molecular formula is C16H23N7O. The number of piperidine rings is 1. The van der Waals surface area contributed by atoms with Crippen LogP contribution in [-0.4, -0.2) is 38.9 Å². The second-order valence-corrected chi connectivity index (χ2v) is 5.79. The van der Waals surface area contributed by atoms with Crippen molar-refractivity contribution in [3.8, 4) is 0 Å². The van der Waals surface area contributed by atoms with E-state index in [1.165, 1.54) is 19.3 Å². The molecule has 1 fully saturated rings. The van der Waals surface area contributed by atoms with E-state index in [1.807, 2.05) is 23.6 Å². The maximum absolute atomic E-state index is 12.0. The van der Waals surface area contributed by atoms with E-state index in [-0.39, 0.29) is 6.03 Å². The largest absolute Gasteiger partial charge is 0.357 e. The fourth-order valence-corrected chi connectivity index (χ4v) is 2.78. The van der Waals surface area contributed by atoms with Gasteiger partial charge in [0.1, 0.15) is 12.1 Å². The lowest BCUT2D eigenvalue weighted by molar-refractivity contribution is 0.251. The first-order chi connectivity index (χ1) is 11.8. The minimum absolute atomic E-state index is 0.284. The third-order valence-electron chi connectivity index (χ3n) is 4.13. The Balaban J connectivity index is 1.51. The highest BCUT2D eigenvalue weighted by atomic mass is 16.2. The third-order valence-corrected chi connectivity index (χ3v) is 4.13. The Morgan fingerprint density at radius 1 is 1.25 bits per heavy atom. The zero-order valence-electron chi connectivity index (χ0n) is 13.9. The molecule has 2 aromatic rings. The molecule has 2 amide bonds. The summed E-state index contributed by atoms with van der Waals surface area (Å²) < 4.78 is 1.88. The van der Waals surface area contributed by atoms with E-state index >= 15 is 0 Å². The van der Waals surface area contributed by atoms with Gasteiger partial charge < -0.3 is 20.1 Å². The fraction of sp³-hybridized carbons (Fsp3) is 0.500. The SMILES string of the molecule is CCn1cnnc1CNC(=O)Nc1ccc(N2CCCCC2)nc1. The summed E-state index contributed by atoms with van der Waals surface area (Å²) in [5.41, 5.74) is 0.671. The summed E-state index contributed by atoms with van der Waals surface area (Å²) in [6, 6.07) is 3.55. The molecule has 1 aliphatic heterocycles. The fourth-order valence-electron chi connectivity index (χ4n) is 2.78. The number of carbonyl (C=O) groups excluding carboxylic acids is 1. The molecule has 2 aromatic heterocycles. The monoisotopic (exact) mass is 329 g/mol. The van der Waals surface area contributed by atoms with Gasteiger partial charge >= 0.3 is 6.03 Å². The maximum Gasteiger partial charge on any atom is 0.319 e. The van der Waals surface area contributed by atoms with Crippen LogP contribution in [0.3, 0.4) is 0 Å². The number of urea groups is 1. The summed E-state index contributed by atoms with van der Waals surface area (Å²) in [5, 5.41) is 13.4. The average Bonchev–Trinajstić information content (AvgIpc) is 3.09. The Morgan fingerprint density at radius 2 is 2.08 bits per heavy atom. The van der Waals surface area contributed by atoms with Crippen LogP contribution in [-0.2, 0) is 13.1 Å². The summed E-state index contributed by atoms with van der Waals surface area (Å²) in [6.45, 7) is 5.21. The van der Waals surface area contributed by atoms with Crippen LogP contribution in [0.1, 0.15) is 32.0 Å². The van der Waals surface area contributed by atoms with Crippen molar-refractivity contribution in [1.29, 1.82) is 0 Å². The zero-order chi connectivity index (χ0) is 16.8. The molecule has 8 heteroatoms. The lowest BCUT2D eigenvalue weighted by atomic mass is 10.1. The van der Waals surface area contributed by atoms with E-state index in [9.17, 15) is 4.79 Å². The topological polar surface area (TPSA) is 88.0 Å². The number of aromatic nitrogens is 4. The number of carbonyl (C=O) groups is 1. The van der Waals surface area contributed by atoms with Crippen molar-refractivity contribution in [1.82, 2.24) is 25.1 Å². The van der Waals surface area contributed by atoms with Gasteiger partial charge in [0.25, 0.3) is 0 Å². The van der Waals surface area contributed by atoms with Gasteiger partial charge in [0.2, 0.25) is 0 Å². The Bertz CT molecular complexity index is 661. The predicted molar refractivity (Wildman–Crippen MR) is 91.9 cm³/mol. The van der Waals surface area contributed by atoms with Crippen LogP contribution in [0.25, 0.3) is 0 Å². The molecule has 0 saturated carbocycles. The predicted octanol–water partition coefficient (Wildman–Crippen LogP) is 2.00. The second-order valence-electron chi connectivity index (χ2n) is 5.79. The molecule has 128 valence electrons. The second kappa shape index (κ2) is 7.76. The number of anilines is 2. The first-order valence-corrected chi connectivity index (χ1v) is 8.39. The molecule has 24 heavy (non-hydrogen) atoms. The number of aryl methyl sites for hydroxylation is 1. The minimum atomic E-state index is -0.284. The molecule has 3 rings (SSSR count). The van der Waals surface area contributed by atoms with Gasteiger partial charge in [0, 0.05) is 19.6 Å². The van der Waals surface area contributed by atoms with E-state index < -0.39 is 0 Å². The molecule has 2 N–H and O–H groups in total. The summed E-state index contributed by atoms with van der Waals surface area (Å²) in [5.74, 6) is 1.70. The van der Waals surface area contributed by atoms with E-state index in [0.717, 1.165) is 31.3 Å². The smallest absolute Gasteiger partial charge is 0.319 e. The number of hydrogen-bond acceptors (Lipinski definition) is 5. The Kier molecular flexibility index (Phi) is 5.25. The molecule has 0 aliphatic carbocycles. The van der Waals surface area contributed by atoms with Gasteiger partial charge in [-0.05, 0) is 38.3 Å². The zero-order valence-corrected chi connectivity index (χ0v) is 13.9. The van der Waals surface area contributed by atoms with Gasteiger partial charge in [-0.2, -0.15) is 0 Å². The molecule has 0 atom stereocenters. The Hall–Kier alpha value is -2.64. The molecule has 0 bridgehead atoms. The van der Waals surface area contributed by atoms with Crippen LogP contribution in [0.4, 0.5) is 16.3 Å². The van der Waals surface area contributed by atoms with E-state index in [1.54, 1.807) is 12.5 Å². The molecule has 0 radical (unpaired) electrons. The van der Waals surface area contributed by atoms with Crippen molar-refractivity contribution in [2.45, 2.75) is 39.3 Å². The molecule has 1 saturated heterocycles. The number of amides is 2. The van der Waals surface area contributed by atoms with Gasteiger partial charge in [-0.3, -0.25) is 0 Å². The molecule has 0 spiro atoms. The van der Waals surface area contributed by atoms with Gasteiger partial charge in [-0.25, -0.2) is 9.78 Å². The number of nitrogens with zero attached hydrogens (tertiary/aromatic N) is 5. The molecule has 8 nitrogen and oxygen atoms in total. The number of nitrogens with one attached hydrogen (secondary N) is 2. The van der Waals surface area contributed by atoms with E-state index in [4.69, 9.17) is 0 Å². The van der Waals surface area contributed by atoms with Crippen LogP contribution in [0, 0.1) is 0 Å². The lowest BCUT2D eigenvalue weighted by Crippen LogP contribution is -2.30. The van der Waals surface area contributed by atoms with Crippen LogP contribution in [0.2, 0.25) is 0 Å². The lowest BCUT2D eigenvalue weighted by Gasteiger charge is -2.27. The van der Waals surface area contributed by atoms with Crippen molar-refractivity contribution in [3.05, 3.63) is 30.5 Å². The highest BCUT2D eigenvalue weighted by molar-refractivity contribution is 5.89. The van der Waals surface area contributed by atoms with Crippen molar-refractivity contribution in [2.75, 3.05) is 23.3 Å². The van der Waals surface area contributed by atoms with Crippen LogP contribution in [0.5, 0.6) is 0 Å². The highest BCUT2D eigenvalue weighted by Crippen LogP contribution is 2.18. The number of pyridine rings is 1. The third kappa shape index (κ3) is 4.01. The van der Waals surface area contributed by atoms with E-state index in [2.05, 4.69) is 30.7 Å². The Labute approximate surface area is 141 Å². The standard InChI is InChI=1S/C16H23N7O/c1-2-22-12-19-21-15(22)11-18-16(24)20-13-6-7-14(17-10-13)23-8-4-3-5-9-23/h6-7,10,12H,2-5,8-9,11H2,1H3,(H2,18,20,24). The number of hydrogen-bond donors (Lipinski definition) is 2. The van der Waals surface area contributed by atoms with Crippen LogP contribution in [0.15, 0.2) is 24.7 Å². The summed E-state index contributed by atoms with van der Waals surface area (Å²) in [4.78, 5) is 18.7. The summed E-state index contributed by atoms with van der Waals surface area (Å²) >= 11 is 0. The van der Waals surface area contributed by atoms with Gasteiger partial charge in [-0.1, -0.05) is 0 Å².